The quantitative estimate of drug-likeness (QED) is 0.297. The van der Waals surface area contributed by atoms with Gasteiger partial charge in [0.25, 0.3) is 0 Å². The van der Waals surface area contributed by atoms with E-state index in [2.05, 4.69) is 34.9 Å². The molecule has 3 N–H and O–H groups in total. The first-order valence-electron chi connectivity index (χ1n) is 14.2. The molecule has 2 aliphatic rings. The largest absolute Gasteiger partial charge is 0.480 e. The molecule has 0 aromatic heterocycles. The van der Waals surface area contributed by atoms with Crippen molar-refractivity contribution < 1.29 is 29.0 Å². The van der Waals surface area contributed by atoms with Crippen molar-refractivity contribution in [3.63, 3.8) is 0 Å². The molecule has 3 aromatic rings. The number of ether oxygens (including phenoxy) is 2. The fourth-order valence-corrected chi connectivity index (χ4v) is 5.97. The number of alkyl carbamates (subject to hydrolysis) is 1. The fourth-order valence-electron chi connectivity index (χ4n) is 5.97. The molecule has 2 amide bonds. The van der Waals surface area contributed by atoms with Gasteiger partial charge in [0, 0.05) is 18.4 Å². The molecule has 0 bridgehead atoms. The van der Waals surface area contributed by atoms with E-state index in [1.54, 1.807) is 6.92 Å². The van der Waals surface area contributed by atoms with Crippen LogP contribution in [0.1, 0.15) is 55.2 Å². The summed E-state index contributed by atoms with van der Waals surface area (Å²) in [5.74, 6) is -1.43. The molecule has 3 aromatic carbocycles. The van der Waals surface area contributed by atoms with Gasteiger partial charge < -0.3 is 25.2 Å². The summed E-state index contributed by atoms with van der Waals surface area (Å²) in [6.45, 7) is 2.15. The summed E-state index contributed by atoms with van der Waals surface area (Å²) < 4.78 is 11.4. The number of nitrogens with one attached hydrogen (secondary N) is 2. The molecule has 41 heavy (non-hydrogen) atoms. The first-order valence-corrected chi connectivity index (χ1v) is 14.2. The first-order chi connectivity index (χ1) is 19.9. The van der Waals surface area contributed by atoms with E-state index >= 15 is 0 Å². The molecule has 0 heterocycles. The number of carbonyl (C=O) groups excluding carboxylic acids is 2. The Labute approximate surface area is 240 Å². The van der Waals surface area contributed by atoms with Gasteiger partial charge in [-0.15, -0.1) is 0 Å². The summed E-state index contributed by atoms with van der Waals surface area (Å²) in [6.07, 6.45) is 1.16. The second-order valence-electron chi connectivity index (χ2n) is 10.9. The molecular weight excluding hydrogens is 520 g/mol. The van der Waals surface area contributed by atoms with Gasteiger partial charge in [-0.25, -0.2) is 9.59 Å². The van der Waals surface area contributed by atoms with E-state index < -0.39 is 24.2 Å². The molecule has 2 aliphatic carbocycles. The van der Waals surface area contributed by atoms with Crippen LogP contribution in [0, 0.1) is 5.92 Å². The van der Waals surface area contributed by atoms with Crippen LogP contribution in [0.15, 0.2) is 78.9 Å². The third-order valence-electron chi connectivity index (χ3n) is 8.09. The van der Waals surface area contributed by atoms with Gasteiger partial charge in [-0.3, -0.25) is 4.79 Å². The Morgan fingerprint density at radius 3 is 2.20 bits per heavy atom. The molecule has 5 rings (SSSR count). The minimum absolute atomic E-state index is 0.00517. The van der Waals surface area contributed by atoms with Crippen LogP contribution in [0.3, 0.4) is 0 Å². The molecule has 0 radical (unpaired) electrons. The summed E-state index contributed by atoms with van der Waals surface area (Å²) in [7, 11) is 0. The molecule has 2 unspecified atom stereocenters. The lowest BCUT2D eigenvalue weighted by atomic mass is 9.98. The number of benzene rings is 3. The Kier molecular flexibility index (Phi) is 8.99. The number of amides is 2. The maximum Gasteiger partial charge on any atom is 0.407 e. The Hall–Kier alpha value is -4.17. The molecule has 8 nitrogen and oxygen atoms in total. The van der Waals surface area contributed by atoms with Crippen LogP contribution in [-0.2, 0) is 25.7 Å². The highest BCUT2D eigenvalue weighted by Crippen LogP contribution is 2.44. The molecule has 8 heteroatoms. The van der Waals surface area contributed by atoms with E-state index in [1.807, 2.05) is 54.6 Å². The van der Waals surface area contributed by atoms with E-state index in [9.17, 15) is 19.5 Å². The highest BCUT2D eigenvalue weighted by atomic mass is 16.5. The Morgan fingerprint density at radius 1 is 0.902 bits per heavy atom. The van der Waals surface area contributed by atoms with Gasteiger partial charge in [0.05, 0.1) is 12.7 Å². The van der Waals surface area contributed by atoms with E-state index in [-0.39, 0.29) is 43.4 Å². The zero-order valence-electron chi connectivity index (χ0n) is 23.1. The molecule has 0 saturated heterocycles. The monoisotopic (exact) mass is 556 g/mol. The van der Waals surface area contributed by atoms with Crippen LogP contribution in [0.25, 0.3) is 11.1 Å². The minimum Gasteiger partial charge on any atom is -0.480 e. The van der Waals surface area contributed by atoms with Gasteiger partial charge in [0.1, 0.15) is 6.61 Å². The molecule has 0 aliphatic heterocycles. The van der Waals surface area contributed by atoms with Crippen molar-refractivity contribution >= 4 is 18.0 Å². The van der Waals surface area contributed by atoms with E-state index in [4.69, 9.17) is 9.47 Å². The van der Waals surface area contributed by atoms with Crippen molar-refractivity contribution in [2.75, 3.05) is 6.61 Å². The summed E-state index contributed by atoms with van der Waals surface area (Å²) in [5, 5.41) is 15.3. The second-order valence-corrected chi connectivity index (χ2v) is 10.9. The van der Waals surface area contributed by atoms with Gasteiger partial charge in [-0.1, -0.05) is 78.9 Å². The number of carbonyl (C=O) groups is 3. The van der Waals surface area contributed by atoms with Crippen LogP contribution in [0.4, 0.5) is 4.79 Å². The topological polar surface area (TPSA) is 114 Å². The SMILES string of the molecule is C[C@@H](OCc1ccccc1)[C@H](NC(=O)CC1CCC(NC(=O)OCC2c3ccccc3-c3ccccc32)C1)C(=O)O. The number of fused-ring (bicyclic) bond motifs is 3. The lowest BCUT2D eigenvalue weighted by molar-refractivity contribution is -0.146. The summed E-state index contributed by atoms with van der Waals surface area (Å²) in [6, 6.07) is 24.6. The lowest BCUT2D eigenvalue weighted by Crippen LogP contribution is -2.48. The lowest BCUT2D eigenvalue weighted by Gasteiger charge is -2.22. The fraction of sp³-hybridized carbons (Fsp3) is 0.364. The van der Waals surface area contributed by atoms with Gasteiger partial charge in [-0.2, -0.15) is 0 Å². The Bertz CT molecular complexity index is 1330. The van der Waals surface area contributed by atoms with Crippen molar-refractivity contribution in [2.45, 2.75) is 63.3 Å². The molecular formula is C33H36N2O6. The minimum atomic E-state index is -1.15. The summed E-state index contributed by atoms with van der Waals surface area (Å²) in [5.41, 5.74) is 5.60. The van der Waals surface area contributed by atoms with Crippen LogP contribution in [0.5, 0.6) is 0 Å². The third-order valence-corrected chi connectivity index (χ3v) is 8.09. The smallest absolute Gasteiger partial charge is 0.407 e. The average Bonchev–Trinajstić information content (AvgIpc) is 3.55. The van der Waals surface area contributed by atoms with E-state index in [0.29, 0.717) is 6.42 Å². The van der Waals surface area contributed by atoms with Crippen molar-refractivity contribution in [1.82, 2.24) is 10.6 Å². The van der Waals surface area contributed by atoms with Crippen LogP contribution >= 0.6 is 0 Å². The van der Waals surface area contributed by atoms with Crippen molar-refractivity contribution in [1.29, 1.82) is 0 Å². The van der Waals surface area contributed by atoms with Crippen molar-refractivity contribution in [3.8, 4) is 11.1 Å². The average molecular weight is 557 g/mol. The standard InChI is InChI=1S/C33H36N2O6/c1-21(40-19-22-9-3-2-4-10-22)31(32(37)38)35-30(36)18-23-15-16-24(17-23)34-33(39)41-20-29-27-13-7-5-11-25(27)26-12-6-8-14-28(26)29/h2-14,21,23-24,29,31H,15-20H2,1H3,(H,34,39)(H,35,36)(H,37,38)/t21-,23?,24?,31+/m1/s1. The van der Waals surface area contributed by atoms with Gasteiger partial charge in [-0.05, 0) is 59.9 Å². The van der Waals surface area contributed by atoms with Gasteiger partial charge in [0.2, 0.25) is 5.91 Å². The van der Waals surface area contributed by atoms with Crippen molar-refractivity contribution in [3.05, 3.63) is 95.6 Å². The number of carboxylic acids is 1. The molecule has 0 spiro atoms. The normalized spacial score (nSPS) is 19.0. The first kappa shape index (κ1) is 28.4. The Morgan fingerprint density at radius 2 is 1.54 bits per heavy atom. The van der Waals surface area contributed by atoms with Gasteiger partial charge >= 0.3 is 12.1 Å². The number of hydrogen-bond donors (Lipinski definition) is 3. The zero-order valence-corrected chi connectivity index (χ0v) is 23.1. The molecule has 214 valence electrons. The Balaban J connectivity index is 1.06. The predicted octanol–water partition coefficient (Wildman–Crippen LogP) is 5.26. The van der Waals surface area contributed by atoms with Crippen LogP contribution in [-0.4, -0.2) is 47.9 Å². The van der Waals surface area contributed by atoms with E-state index in [0.717, 1.165) is 29.5 Å². The summed E-state index contributed by atoms with van der Waals surface area (Å²) >= 11 is 0. The molecule has 1 saturated carbocycles. The summed E-state index contributed by atoms with van der Waals surface area (Å²) in [4.78, 5) is 37.2. The number of rotatable bonds is 11. The second kappa shape index (κ2) is 13.0. The highest BCUT2D eigenvalue weighted by Gasteiger charge is 2.33. The third kappa shape index (κ3) is 6.95. The van der Waals surface area contributed by atoms with Crippen molar-refractivity contribution in [2.24, 2.45) is 5.92 Å². The zero-order chi connectivity index (χ0) is 28.8. The maximum absolute atomic E-state index is 12.7. The van der Waals surface area contributed by atoms with E-state index in [1.165, 1.54) is 11.1 Å². The number of hydrogen-bond acceptors (Lipinski definition) is 5. The highest BCUT2D eigenvalue weighted by molar-refractivity contribution is 5.84. The predicted molar refractivity (Wildman–Crippen MR) is 154 cm³/mol. The van der Waals surface area contributed by atoms with Crippen LogP contribution < -0.4 is 10.6 Å². The number of aliphatic carboxylic acids is 1. The molecule has 1 fully saturated rings. The number of carboxylic acid groups (broad SMARTS) is 1. The maximum atomic E-state index is 12.7. The van der Waals surface area contributed by atoms with Crippen LogP contribution in [0.2, 0.25) is 0 Å². The van der Waals surface area contributed by atoms with Gasteiger partial charge in [0.15, 0.2) is 6.04 Å². The molecule has 4 atom stereocenters.